The number of rotatable bonds is 4. The van der Waals surface area contributed by atoms with Gasteiger partial charge in [-0.2, -0.15) is 0 Å². The first-order valence-electron chi connectivity index (χ1n) is 5.27. The van der Waals surface area contributed by atoms with Crippen LogP contribution in [0.15, 0.2) is 41.8 Å². The van der Waals surface area contributed by atoms with E-state index in [0.29, 0.717) is 6.04 Å². The summed E-state index contributed by atoms with van der Waals surface area (Å²) in [6.45, 7) is 2.97. The van der Waals surface area contributed by atoms with E-state index >= 15 is 0 Å². The van der Waals surface area contributed by atoms with Gasteiger partial charge < -0.3 is 5.32 Å². The van der Waals surface area contributed by atoms with Gasteiger partial charge in [-0.25, -0.2) is 0 Å². The third-order valence-electron chi connectivity index (χ3n) is 2.53. The first-order chi connectivity index (χ1) is 7.77. The van der Waals surface area contributed by atoms with Crippen LogP contribution in [0.25, 0.3) is 0 Å². The van der Waals surface area contributed by atoms with E-state index in [-0.39, 0.29) is 0 Å². The van der Waals surface area contributed by atoms with Gasteiger partial charge in [0.15, 0.2) is 0 Å². The molecule has 0 aliphatic rings. The monoisotopic (exact) mass is 251 g/mol. The molecule has 0 aliphatic carbocycles. The molecule has 0 spiro atoms. The zero-order valence-electron chi connectivity index (χ0n) is 9.11. The molecule has 1 nitrogen and oxygen atoms in total. The highest BCUT2D eigenvalue weighted by atomic mass is 35.5. The van der Waals surface area contributed by atoms with Gasteiger partial charge in [-0.05, 0) is 30.0 Å². The molecule has 0 aliphatic heterocycles. The van der Waals surface area contributed by atoms with Crippen LogP contribution in [0.4, 0.5) is 0 Å². The third kappa shape index (κ3) is 2.85. The molecule has 84 valence electrons. The Hall–Kier alpha value is -0.830. The fraction of sp³-hybridized carbons (Fsp3) is 0.231. The maximum atomic E-state index is 6.10. The highest BCUT2D eigenvalue weighted by Crippen LogP contribution is 2.20. The first-order valence-corrected chi connectivity index (χ1v) is 6.53. The van der Waals surface area contributed by atoms with Gasteiger partial charge >= 0.3 is 0 Å². The summed E-state index contributed by atoms with van der Waals surface area (Å²) < 4.78 is 0. The van der Waals surface area contributed by atoms with E-state index in [1.807, 2.05) is 18.2 Å². The summed E-state index contributed by atoms with van der Waals surface area (Å²) in [7, 11) is 0. The number of hydrogen-bond acceptors (Lipinski definition) is 2. The largest absolute Gasteiger partial charge is 0.305 e. The summed E-state index contributed by atoms with van der Waals surface area (Å²) in [5.74, 6) is 0. The topological polar surface area (TPSA) is 12.0 Å². The number of thiophene rings is 1. The van der Waals surface area contributed by atoms with E-state index in [1.165, 1.54) is 4.88 Å². The average Bonchev–Trinajstić information content (AvgIpc) is 2.81. The van der Waals surface area contributed by atoms with Crippen LogP contribution in [0.5, 0.6) is 0 Å². The molecule has 16 heavy (non-hydrogen) atoms. The molecule has 0 saturated heterocycles. The van der Waals surface area contributed by atoms with Crippen LogP contribution in [0, 0.1) is 0 Å². The summed E-state index contributed by atoms with van der Waals surface area (Å²) in [5.41, 5.74) is 1.15. The lowest BCUT2D eigenvalue weighted by Crippen LogP contribution is -2.17. The Bertz CT molecular complexity index is 439. The van der Waals surface area contributed by atoms with Crippen molar-refractivity contribution < 1.29 is 0 Å². The zero-order valence-corrected chi connectivity index (χ0v) is 10.7. The number of hydrogen-bond donors (Lipinski definition) is 1. The molecule has 0 radical (unpaired) electrons. The summed E-state index contributed by atoms with van der Waals surface area (Å²) in [4.78, 5) is 1.35. The molecule has 1 atom stereocenters. The summed E-state index contributed by atoms with van der Waals surface area (Å²) in [6, 6.07) is 12.5. The van der Waals surface area contributed by atoms with Gasteiger partial charge in [-0.3, -0.25) is 0 Å². The van der Waals surface area contributed by atoms with Crippen LogP contribution in [0.3, 0.4) is 0 Å². The first kappa shape index (κ1) is 11.6. The molecule has 2 rings (SSSR count). The van der Waals surface area contributed by atoms with Crippen LogP contribution in [-0.4, -0.2) is 0 Å². The molecule has 3 heteroatoms. The second kappa shape index (κ2) is 5.48. The van der Waals surface area contributed by atoms with Crippen LogP contribution < -0.4 is 5.32 Å². The average molecular weight is 252 g/mol. The predicted molar refractivity (Wildman–Crippen MR) is 71.0 cm³/mol. The van der Waals surface area contributed by atoms with Crippen LogP contribution in [0.1, 0.15) is 23.4 Å². The van der Waals surface area contributed by atoms with Crippen LogP contribution >= 0.6 is 22.9 Å². The van der Waals surface area contributed by atoms with Crippen LogP contribution in [-0.2, 0) is 6.54 Å². The fourth-order valence-corrected chi connectivity index (χ4v) is 2.50. The van der Waals surface area contributed by atoms with Crippen molar-refractivity contribution in [3.63, 3.8) is 0 Å². The summed E-state index contributed by atoms with van der Waals surface area (Å²) in [5, 5.41) is 6.40. The Labute approximate surface area is 105 Å². The molecule has 0 bridgehead atoms. The number of benzene rings is 1. The lowest BCUT2D eigenvalue weighted by atomic mass is 10.2. The Balaban J connectivity index is 1.95. The molecule has 2 aromatic rings. The fourth-order valence-electron chi connectivity index (χ4n) is 1.54. The minimum absolute atomic E-state index is 0.372. The van der Waals surface area contributed by atoms with Crippen molar-refractivity contribution >= 4 is 22.9 Å². The van der Waals surface area contributed by atoms with Crippen LogP contribution in [0.2, 0.25) is 5.02 Å². The standard InChI is InChI=1S/C13H14ClNS/c1-10(13-7-4-8-16-13)15-9-11-5-2-3-6-12(11)14/h2-8,10,15H,9H2,1H3/t10-/m0/s1. The van der Waals surface area contributed by atoms with Crippen molar-refractivity contribution in [2.75, 3.05) is 0 Å². The summed E-state index contributed by atoms with van der Waals surface area (Å²) >= 11 is 7.87. The smallest absolute Gasteiger partial charge is 0.0450 e. The van der Waals surface area contributed by atoms with E-state index in [2.05, 4.69) is 35.8 Å². The SMILES string of the molecule is C[C@H](NCc1ccccc1Cl)c1cccs1. The maximum Gasteiger partial charge on any atom is 0.0450 e. The number of halogens is 1. The van der Waals surface area contributed by atoms with Crippen molar-refractivity contribution in [1.29, 1.82) is 0 Å². The van der Waals surface area contributed by atoms with Crippen molar-refractivity contribution in [3.05, 3.63) is 57.2 Å². The highest BCUT2D eigenvalue weighted by molar-refractivity contribution is 7.10. The van der Waals surface area contributed by atoms with E-state index in [1.54, 1.807) is 11.3 Å². The van der Waals surface area contributed by atoms with Gasteiger partial charge in [0.1, 0.15) is 0 Å². The molecule has 0 saturated carbocycles. The van der Waals surface area contributed by atoms with Gasteiger partial charge in [0.25, 0.3) is 0 Å². The summed E-state index contributed by atoms with van der Waals surface area (Å²) in [6.07, 6.45) is 0. The highest BCUT2D eigenvalue weighted by Gasteiger charge is 2.06. The minimum atomic E-state index is 0.372. The molecule has 1 aromatic carbocycles. The molecule has 0 fully saturated rings. The molecule has 1 aromatic heterocycles. The van der Waals surface area contributed by atoms with Crippen molar-refractivity contribution in [3.8, 4) is 0 Å². The quantitative estimate of drug-likeness (QED) is 0.857. The molecule has 1 N–H and O–H groups in total. The van der Waals surface area contributed by atoms with Crippen molar-refractivity contribution in [2.24, 2.45) is 0 Å². The Morgan fingerprint density at radius 1 is 1.25 bits per heavy atom. The Kier molecular flexibility index (Phi) is 3.99. The van der Waals surface area contributed by atoms with Gasteiger partial charge in [0.05, 0.1) is 0 Å². The normalized spacial score (nSPS) is 12.6. The molecular formula is C13H14ClNS. The zero-order chi connectivity index (χ0) is 11.4. The van der Waals surface area contributed by atoms with Gasteiger partial charge in [-0.1, -0.05) is 35.9 Å². The van der Waals surface area contributed by atoms with Crippen molar-refractivity contribution in [2.45, 2.75) is 19.5 Å². The molecule has 1 heterocycles. The predicted octanol–water partition coefficient (Wildman–Crippen LogP) is 4.25. The van der Waals surface area contributed by atoms with E-state index in [0.717, 1.165) is 17.1 Å². The molecule has 0 unspecified atom stereocenters. The van der Waals surface area contributed by atoms with Gasteiger partial charge in [0, 0.05) is 22.5 Å². The third-order valence-corrected chi connectivity index (χ3v) is 3.95. The Morgan fingerprint density at radius 2 is 2.06 bits per heavy atom. The Morgan fingerprint density at radius 3 is 2.75 bits per heavy atom. The lowest BCUT2D eigenvalue weighted by molar-refractivity contribution is 0.583. The molecule has 0 amide bonds. The van der Waals surface area contributed by atoms with E-state index < -0.39 is 0 Å². The van der Waals surface area contributed by atoms with Crippen molar-refractivity contribution in [1.82, 2.24) is 5.32 Å². The number of nitrogens with one attached hydrogen (secondary N) is 1. The lowest BCUT2D eigenvalue weighted by Gasteiger charge is -2.12. The minimum Gasteiger partial charge on any atom is -0.305 e. The second-order valence-corrected chi connectivity index (χ2v) is 5.10. The van der Waals surface area contributed by atoms with Gasteiger partial charge in [-0.15, -0.1) is 11.3 Å². The van der Waals surface area contributed by atoms with Gasteiger partial charge in [0.2, 0.25) is 0 Å². The maximum absolute atomic E-state index is 6.10. The molecular weight excluding hydrogens is 238 g/mol. The van der Waals surface area contributed by atoms with E-state index in [4.69, 9.17) is 11.6 Å². The van der Waals surface area contributed by atoms with E-state index in [9.17, 15) is 0 Å². The second-order valence-electron chi connectivity index (χ2n) is 3.71.